The van der Waals surface area contributed by atoms with Crippen LogP contribution in [-0.2, 0) is 6.54 Å². The Morgan fingerprint density at radius 3 is 2.60 bits per heavy atom. The van der Waals surface area contributed by atoms with Crippen LogP contribution >= 0.6 is 0 Å². The molecule has 1 saturated carbocycles. The largest absolute Gasteiger partial charge is 0.382 e. The van der Waals surface area contributed by atoms with Crippen molar-refractivity contribution in [3.8, 4) is 17.3 Å². The van der Waals surface area contributed by atoms with E-state index in [0.29, 0.717) is 11.7 Å². The van der Waals surface area contributed by atoms with Crippen molar-refractivity contribution in [1.82, 2.24) is 14.9 Å². The molecule has 0 aliphatic heterocycles. The van der Waals surface area contributed by atoms with Crippen LogP contribution in [0, 0.1) is 11.3 Å². The minimum absolute atomic E-state index is 0.0851. The number of anilines is 2. The molecule has 3 rings (SSSR count). The number of rotatable bonds is 4. The molecule has 6 nitrogen and oxygen atoms in total. The van der Waals surface area contributed by atoms with Gasteiger partial charge in [-0.2, -0.15) is 10.2 Å². The summed E-state index contributed by atoms with van der Waals surface area (Å²) in [5.74, 6) is 0.211. The van der Waals surface area contributed by atoms with E-state index >= 15 is 0 Å². The summed E-state index contributed by atoms with van der Waals surface area (Å²) < 4.78 is 0. The average molecular weight is 336 g/mol. The maximum absolute atomic E-state index is 9.47. The Morgan fingerprint density at radius 1 is 1.16 bits per heavy atom. The highest BCUT2D eigenvalue weighted by Gasteiger charge is 2.21. The van der Waals surface area contributed by atoms with Gasteiger partial charge in [-0.05, 0) is 25.5 Å². The first-order chi connectivity index (χ1) is 12.1. The van der Waals surface area contributed by atoms with Crippen LogP contribution in [0.4, 0.5) is 11.8 Å². The van der Waals surface area contributed by atoms with E-state index in [-0.39, 0.29) is 17.3 Å². The number of hydrogen-bond donors (Lipinski definition) is 2. The lowest BCUT2D eigenvalue weighted by Gasteiger charge is -2.31. The quantitative estimate of drug-likeness (QED) is 0.889. The number of nitrogens with two attached hydrogens (primary N) is 2. The molecule has 130 valence electrons. The van der Waals surface area contributed by atoms with Gasteiger partial charge < -0.3 is 11.5 Å². The molecule has 0 bridgehead atoms. The highest BCUT2D eigenvalue weighted by Crippen LogP contribution is 2.30. The fraction of sp³-hybridized carbons (Fsp3) is 0.421. The summed E-state index contributed by atoms with van der Waals surface area (Å²) in [6.07, 6.45) is 6.43. The summed E-state index contributed by atoms with van der Waals surface area (Å²) in [5, 5.41) is 9.47. The number of nitrogens with zero attached hydrogens (tertiary/aromatic N) is 4. The summed E-state index contributed by atoms with van der Waals surface area (Å²) in [7, 11) is 2.17. The van der Waals surface area contributed by atoms with Crippen LogP contribution in [0.15, 0.2) is 24.3 Å². The zero-order valence-corrected chi connectivity index (χ0v) is 14.6. The maximum atomic E-state index is 9.47. The molecule has 1 aromatic heterocycles. The van der Waals surface area contributed by atoms with E-state index in [0.717, 1.165) is 17.7 Å². The average Bonchev–Trinajstić information content (AvgIpc) is 2.62. The maximum Gasteiger partial charge on any atom is 0.222 e. The molecular formula is C19H24N6. The summed E-state index contributed by atoms with van der Waals surface area (Å²) in [6, 6.07) is 10.7. The number of aromatic nitrogens is 2. The molecular weight excluding hydrogens is 312 g/mol. The topological polar surface area (TPSA) is 105 Å². The molecule has 1 aliphatic carbocycles. The van der Waals surface area contributed by atoms with E-state index < -0.39 is 0 Å². The van der Waals surface area contributed by atoms with Gasteiger partial charge in [0.25, 0.3) is 0 Å². The monoisotopic (exact) mass is 336 g/mol. The second-order valence-corrected chi connectivity index (χ2v) is 6.67. The molecule has 4 N–H and O–H groups in total. The van der Waals surface area contributed by atoms with Crippen molar-refractivity contribution in [3.63, 3.8) is 0 Å². The summed E-state index contributed by atoms with van der Waals surface area (Å²) in [4.78, 5) is 10.6. The van der Waals surface area contributed by atoms with Crippen LogP contribution in [0.1, 0.15) is 43.2 Å². The van der Waals surface area contributed by atoms with Gasteiger partial charge in [-0.15, -0.1) is 0 Å². The predicted octanol–water partition coefficient (Wildman–Crippen LogP) is 2.94. The van der Waals surface area contributed by atoms with Gasteiger partial charge in [0.05, 0.1) is 5.69 Å². The minimum Gasteiger partial charge on any atom is -0.382 e. The molecule has 0 amide bonds. The molecule has 0 atom stereocenters. The first kappa shape index (κ1) is 17.2. The van der Waals surface area contributed by atoms with Crippen molar-refractivity contribution in [2.75, 3.05) is 18.5 Å². The third kappa shape index (κ3) is 3.72. The van der Waals surface area contributed by atoms with Crippen molar-refractivity contribution in [1.29, 1.82) is 5.26 Å². The van der Waals surface area contributed by atoms with E-state index in [9.17, 15) is 5.26 Å². The van der Waals surface area contributed by atoms with Gasteiger partial charge in [-0.1, -0.05) is 43.5 Å². The Bertz CT molecular complexity index is 789. The number of hydrogen-bond acceptors (Lipinski definition) is 6. The molecule has 1 fully saturated rings. The van der Waals surface area contributed by atoms with E-state index in [1.165, 1.54) is 32.1 Å². The molecule has 0 saturated heterocycles. The van der Waals surface area contributed by atoms with Crippen molar-refractivity contribution in [2.45, 2.75) is 44.7 Å². The van der Waals surface area contributed by atoms with Gasteiger partial charge in [0.1, 0.15) is 17.5 Å². The minimum atomic E-state index is 0.0851. The predicted molar refractivity (Wildman–Crippen MR) is 99.3 cm³/mol. The lowest BCUT2D eigenvalue weighted by molar-refractivity contribution is 0.185. The van der Waals surface area contributed by atoms with Crippen LogP contribution < -0.4 is 11.5 Å². The molecule has 25 heavy (non-hydrogen) atoms. The summed E-state index contributed by atoms with van der Waals surface area (Å²) in [5.41, 5.74) is 14.4. The summed E-state index contributed by atoms with van der Waals surface area (Å²) in [6.45, 7) is 0.801. The Hall–Kier alpha value is -2.65. The van der Waals surface area contributed by atoms with E-state index in [1.807, 2.05) is 18.2 Å². The third-order valence-corrected chi connectivity index (χ3v) is 4.96. The van der Waals surface area contributed by atoms with Gasteiger partial charge in [0, 0.05) is 18.2 Å². The smallest absolute Gasteiger partial charge is 0.222 e. The van der Waals surface area contributed by atoms with Gasteiger partial charge >= 0.3 is 0 Å². The lowest BCUT2D eigenvalue weighted by Crippen LogP contribution is -2.33. The standard InChI is InChI=1S/C19H24N6/c1-25(14-8-3-2-4-9-14)12-13-7-5-6-10-15(13)17-16(11-20)18(21)24-19(22)23-17/h5-7,10,14H,2-4,8-9,12H2,1H3,(H4,21,22,23,24). The number of benzene rings is 1. The second-order valence-electron chi connectivity index (χ2n) is 6.67. The molecule has 2 aromatic rings. The Balaban J connectivity index is 1.96. The van der Waals surface area contributed by atoms with Crippen molar-refractivity contribution in [2.24, 2.45) is 0 Å². The van der Waals surface area contributed by atoms with E-state index in [4.69, 9.17) is 11.5 Å². The molecule has 0 unspecified atom stereocenters. The van der Waals surface area contributed by atoms with Crippen LogP contribution in [-0.4, -0.2) is 28.0 Å². The van der Waals surface area contributed by atoms with E-state index in [2.05, 4.69) is 34.1 Å². The third-order valence-electron chi connectivity index (χ3n) is 4.96. The second kappa shape index (κ2) is 7.49. The van der Waals surface area contributed by atoms with Crippen LogP contribution in [0.25, 0.3) is 11.3 Å². The van der Waals surface area contributed by atoms with Gasteiger partial charge in [-0.25, -0.2) is 4.98 Å². The van der Waals surface area contributed by atoms with Gasteiger partial charge in [0.15, 0.2) is 0 Å². The number of nitrogen functional groups attached to an aromatic ring is 2. The van der Waals surface area contributed by atoms with Crippen molar-refractivity contribution >= 4 is 11.8 Å². The highest BCUT2D eigenvalue weighted by atomic mass is 15.1. The Morgan fingerprint density at radius 2 is 1.88 bits per heavy atom. The van der Waals surface area contributed by atoms with Crippen LogP contribution in [0.5, 0.6) is 0 Å². The Labute approximate surface area is 148 Å². The molecule has 1 aliphatic rings. The SMILES string of the molecule is CN(Cc1ccccc1-c1nc(N)nc(N)c1C#N)C1CCCCC1. The molecule has 0 spiro atoms. The molecule has 1 heterocycles. The molecule has 0 radical (unpaired) electrons. The fourth-order valence-corrected chi connectivity index (χ4v) is 3.61. The first-order valence-electron chi connectivity index (χ1n) is 8.71. The zero-order chi connectivity index (χ0) is 17.8. The Kier molecular flexibility index (Phi) is 5.15. The lowest BCUT2D eigenvalue weighted by atomic mass is 9.93. The van der Waals surface area contributed by atoms with Crippen LogP contribution in [0.2, 0.25) is 0 Å². The zero-order valence-electron chi connectivity index (χ0n) is 14.6. The van der Waals surface area contributed by atoms with Crippen molar-refractivity contribution in [3.05, 3.63) is 35.4 Å². The molecule has 6 heteroatoms. The van der Waals surface area contributed by atoms with Gasteiger partial charge in [0.2, 0.25) is 5.95 Å². The van der Waals surface area contributed by atoms with E-state index in [1.54, 1.807) is 0 Å². The normalized spacial score (nSPS) is 15.2. The van der Waals surface area contributed by atoms with Crippen LogP contribution in [0.3, 0.4) is 0 Å². The molecule has 1 aromatic carbocycles. The fourth-order valence-electron chi connectivity index (χ4n) is 3.61. The highest BCUT2D eigenvalue weighted by molar-refractivity contribution is 5.75. The van der Waals surface area contributed by atoms with Crippen molar-refractivity contribution < 1.29 is 0 Å². The number of nitriles is 1. The summed E-state index contributed by atoms with van der Waals surface area (Å²) >= 11 is 0. The van der Waals surface area contributed by atoms with Gasteiger partial charge in [-0.3, -0.25) is 4.90 Å². The first-order valence-corrected chi connectivity index (χ1v) is 8.71.